The third-order valence-electron chi connectivity index (χ3n) is 3.44. The number of carbonyl (C=O) groups is 2. The lowest BCUT2D eigenvalue weighted by Gasteiger charge is -2.21. The SMILES string of the molecule is CCCN1C(=O)[C@](O)(CC(C)=O)c2cc(C)ccc21. The van der Waals surface area contributed by atoms with Gasteiger partial charge in [-0.05, 0) is 26.3 Å². The molecule has 19 heavy (non-hydrogen) atoms. The Morgan fingerprint density at radius 1 is 1.42 bits per heavy atom. The van der Waals surface area contributed by atoms with E-state index >= 15 is 0 Å². The largest absolute Gasteiger partial charge is 0.375 e. The van der Waals surface area contributed by atoms with Crippen LogP contribution in [-0.2, 0) is 15.2 Å². The van der Waals surface area contributed by atoms with Crippen molar-refractivity contribution in [2.45, 2.75) is 39.2 Å². The monoisotopic (exact) mass is 261 g/mol. The zero-order valence-electron chi connectivity index (χ0n) is 11.6. The lowest BCUT2D eigenvalue weighted by atomic mass is 9.89. The molecule has 0 aliphatic carbocycles. The summed E-state index contributed by atoms with van der Waals surface area (Å²) < 4.78 is 0. The van der Waals surface area contributed by atoms with Crippen molar-refractivity contribution in [3.05, 3.63) is 29.3 Å². The highest BCUT2D eigenvalue weighted by molar-refractivity contribution is 6.08. The van der Waals surface area contributed by atoms with Crippen LogP contribution >= 0.6 is 0 Å². The average molecular weight is 261 g/mol. The van der Waals surface area contributed by atoms with Gasteiger partial charge in [-0.2, -0.15) is 0 Å². The van der Waals surface area contributed by atoms with Gasteiger partial charge in [-0.25, -0.2) is 0 Å². The lowest BCUT2D eigenvalue weighted by molar-refractivity contribution is -0.141. The average Bonchev–Trinajstić information content (AvgIpc) is 2.51. The first-order valence-electron chi connectivity index (χ1n) is 6.55. The van der Waals surface area contributed by atoms with Gasteiger partial charge in [0.25, 0.3) is 5.91 Å². The third kappa shape index (κ3) is 2.16. The van der Waals surface area contributed by atoms with E-state index in [1.807, 2.05) is 26.0 Å². The van der Waals surface area contributed by atoms with Gasteiger partial charge in [0.15, 0.2) is 5.60 Å². The Morgan fingerprint density at radius 2 is 2.11 bits per heavy atom. The van der Waals surface area contributed by atoms with Gasteiger partial charge in [-0.15, -0.1) is 0 Å². The maximum Gasteiger partial charge on any atom is 0.264 e. The number of ketones is 1. The van der Waals surface area contributed by atoms with Crippen LogP contribution < -0.4 is 4.90 Å². The van der Waals surface area contributed by atoms with Crippen LogP contribution in [0.15, 0.2) is 18.2 Å². The normalized spacial score (nSPS) is 21.7. The molecular formula is C15H19NO3. The number of amides is 1. The summed E-state index contributed by atoms with van der Waals surface area (Å²) in [5.74, 6) is -0.577. The predicted octanol–water partition coefficient (Wildman–Crippen LogP) is 1.92. The summed E-state index contributed by atoms with van der Waals surface area (Å²) in [4.78, 5) is 25.4. The molecular weight excluding hydrogens is 242 g/mol. The highest BCUT2D eigenvalue weighted by Crippen LogP contribution is 2.42. The van der Waals surface area contributed by atoms with Crippen LogP contribution in [0.5, 0.6) is 0 Å². The minimum atomic E-state index is -1.69. The smallest absolute Gasteiger partial charge is 0.264 e. The number of carbonyl (C=O) groups excluding carboxylic acids is 2. The number of aliphatic hydroxyl groups is 1. The molecule has 1 aromatic rings. The van der Waals surface area contributed by atoms with Gasteiger partial charge in [0.2, 0.25) is 0 Å². The molecule has 0 radical (unpaired) electrons. The van der Waals surface area contributed by atoms with Crippen molar-refractivity contribution in [2.75, 3.05) is 11.4 Å². The summed E-state index contributed by atoms with van der Waals surface area (Å²) in [6, 6.07) is 5.55. The molecule has 4 nitrogen and oxygen atoms in total. The van der Waals surface area contributed by atoms with Crippen LogP contribution in [0.25, 0.3) is 0 Å². The molecule has 1 amide bonds. The molecule has 1 aliphatic heterocycles. The van der Waals surface area contributed by atoms with E-state index in [0.717, 1.165) is 17.7 Å². The van der Waals surface area contributed by atoms with Gasteiger partial charge >= 0.3 is 0 Å². The topological polar surface area (TPSA) is 57.6 Å². The van der Waals surface area contributed by atoms with Gasteiger partial charge in [-0.3, -0.25) is 9.59 Å². The Bertz CT molecular complexity index is 538. The summed E-state index contributed by atoms with van der Waals surface area (Å²) in [7, 11) is 0. The van der Waals surface area contributed by atoms with Crippen LogP contribution in [0.2, 0.25) is 0 Å². The van der Waals surface area contributed by atoms with E-state index in [4.69, 9.17) is 0 Å². The molecule has 1 atom stereocenters. The number of anilines is 1. The molecule has 102 valence electrons. The first-order valence-corrected chi connectivity index (χ1v) is 6.55. The minimum Gasteiger partial charge on any atom is -0.375 e. The minimum absolute atomic E-state index is 0.164. The Morgan fingerprint density at radius 3 is 2.68 bits per heavy atom. The Hall–Kier alpha value is -1.68. The van der Waals surface area contributed by atoms with Crippen molar-refractivity contribution in [3.63, 3.8) is 0 Å². The van der Waals surface area contributed by atoms with Crippen molar-refractivity contribution < 1.29 is 14.7 Å². The molecule has 0 fully saturated rings. The van der Waals surface area contributed by atoms with E-state index in [-0.39, 0.29) is 18.1 Å². The van der Waals surface area contributed by atoms with E-state index in [0.29, 0.717) is 12.1 Å². The number of nitrogens with zero attached hydrogens (tertiary/aromatic N) is 1. The summed E-state index contributed by atoms with van der Waals surface area (Å²) >= 11 is 0. The number of hydrogen-bond donors (Lipinski definition) is 1. The van der Waals surface area contributed by atoms with Crippen molar-refractivity contribution in [2.24, 2.45) is 0 Å². The van der Waals surface area contributed by atoms with Gasteiger partial charge in [-0.1, -0.05) is 24.6 Å². The van der Waals surface area contributed by atoms with Crippen LogP contribution in [0.1, 0.15) is 37.8 Å². The van der Waals surface area contributed by atoms with Crippen LogP contribution in [0, 0.1) is 6.92 Å². The second kappa shape index (κ2) is 4.78. The standard InChI is InChI=1S/C15H19NO3/c1-4-7-16-13-6-5-10(2)8-12(13)15(19,14(16)18)9-11(3)17/h5-6,8,19H,4,7,9H2,1-3H3/t15-/m0/s1. The Labute approximate surface area is 113 Å². The van der Waals surface area contributed by atoms with Gasteiger partial charge < -0.3 is 10.0 Å². The van der Waals surface area contributed by atoms with Crippen molar-refractivity contribution >= 4 is 17.4 Å². The fraction of sp³-hybridized carbons (Fsp3) is 0.467. The number of Topliss-reactive ketones (excluding diaryl/α,β-unsaturated/α-hetero) is 1. The fourth-order valence-corrected chi connectivity index (χ4v) is 2.64. The zero-order valence-corrected chi connectivity index (χ0v) is 11.6. The van der Waals surface area contributed by atoms with Gasteiger partial charge in [0.1, 0.15) is 5.78 Å². The highest BCUT2D eigenvalue weighted by atomic mass is 16.3. The fourth-order valence-electron chi connectivity index (χ4n) is 2.64. The first-order chi connectivity index (χ1) is 8.90. The molecule has 2 rings (SSSR count). The molecule has 0 unspecified atom stereocenters. The van der Waals surface area contributed by atoms with E-state index < -0.39 is 5.60 Å². The van der Waals surface area contributed by atoms with E-state index in [1.165, 1.54) is 6.92 Å². The molecule has 0 saturated carbocycles. The number of hydrogen-bond acceptors (Lipinski definition) is 3. The molecule has 1 N–H and O–H groups in total. The summed E-state index contributed by atoms with van der Waals surface area (Å²) in [5, 5.41) is 10.7. The van der Waals surface area contributed by atoms with E-state index in [9.17, 15) is 14.7 Å². The molecule has 0 aromatic heterocycles. The molecule has 1 heterocycles. The molecule has 4 heteroatoms. The highest BCUT2D eigenvalue weighted by Gasteiger charge is 2.49. The zero-order chi connectivity index (χ0) is 14.2. The van der Waals surface area contributed by atoms with Crippen LogP contribution in [0.3, 0.4) is 0 Å². The van der Waals surface area contributed by atoms with Gasteiger partial charge in [0.05, 0.1) is 5.69 Å². The first kappa shape index (κ1) is 13.7. The lowest BCUT2D eigenvalue weighted by Crippen LogP contribution is -2.41. The van der Waals surface area contributed by atoms with E-state index in [2.05, 4.69) is 0 Å². The van der Waals surface area contributed by atoms with Crippen molar-refractivity contribution in [1.29, 1.82) is 0 Å². The molecule has 0 spiro atoms. The Balaban J connectivity index is 2.56. The quantitative estimate of drug-likeness (QED) is 0.900. The number of aryl methyl sites for hydroxylation is 1. The number of rotatable bonds is 4. The summed E-state index contributed by atoms with van der Waals surface area (Å²) in [5.41, 5.74) is 0.553. The van der Waals surface area contributed by atoms with Gasteiger partial charge in [0, 0.05) is 18.5 Å². The summed E-state index contributed by atoms with van der Waals surface area (Å²) in [6.45, 7) is 5.82. The van der Waals surface area contributed by atoms with Crippen LogP contribution in [-0.4, -0.2) is 23.3 Å². The predicted molar refractivity (Wildman–Crippen MR) is 73.0 cm³/mol. The second-order valence-electron chi connectivity index (χ2n) is 5.22. The third-order valence-corrected chi connectivity index (χ3v) is 3.44. The molecule has 0 saturated heterocycles. The molecule has 1 aromatic carbocycles. The second-order valence-corrected chi connectivity index (χ2v) is 5.22. The number of benzene rings is 1. The molecule has 1 aliphatic rings. The Kier molecular flexibility index (Phi) is 3.45. The number of fused-ring (bicyclic) bond motifs is 1. The molecule has 0 bridgehead atoms. The van der Waals surface area contributed by atoms with E-state index in [1.54, 1.807) is 11.0 Å². The van der Waals surface area contributed by atoms with Crippen molar-refractivity contribution in [3.8, 4) is 0 Å². The maximum atomic E-state index is 12.4. The van der Waals surface area contributed by atoms with Crippen LogP contribution in [0.4, 0.5) is 5.69 Å². The maximum absolute atomic E-state index is 12.4. The summed E-state index contributed by atoms with van der Waals surface area (Å²) in [6.07, 6.45) is 0.637. The van der Waals surface area contributed by atoms with Crippen molar-refractivity contribution in [1.82, 2.24) is 0 Å².